The fourth-order valence-corrected chi connectivity index (χ4v) is 4.88. The Bertz CT molecular complexity index is 1360. The number of aromatic nitrogens is 1. The van der Waals surface area contributed by atoms with Crippen molar-refractivity contribution < 1.29 is 4.79 Å². The van der Waals surface area contributed by atoms with Crippen molar-refractivity contribution in [3.63, 3.8) is 0 Å². The fraction of sp³-hybridized carbons (Fsp3) is 0.192. The zero-order valence-electron chi connectivity index (χ0n) is 18.0. The van der Waals surface area contributed by atoms with Gasteiger partial charge in [-0.05, 0) is 62.1 Å². The standard InChI is InChI=1S/C26H23N3OS/c1-5-19-17(4)31-26(22(19)14-27)29-25(30)21-13-24(18-11-10-15(2)16(3)12-18)28-23-9-7-6-8-20(21)23/h6-13H,5H2,1-4H3,(H,29,30). The zero-order valence-corrected chi connectivity index (χ0v) is 18.9. The molecule has 0 saturated carbocycles. The van der Waals surface area contributed by atoms with Gasteiger partial charge in [0.15, 0.2) is 0 Å². The molecule has 4 rings (SSSR count). The number of carbonyl (C=O) groups is 1. The Hall–Kier alpha value is -3.49. The van der Waals surface area contributed by atoms with E-state index in [4.69, 9.17) is 4.98 Å². The molecule has 1 N–H and O–H groups in total. The monoisotopic (exact) mass is 425 g/mol. The van der Waals surface area contributed by atoms with Crippen molar-refractivity contribution in [1.29, 1.82) is 5.26 Å². The van der Waals surface area contributed by atoms with E-state index >= 15 is 0 Å². The van der Waals surface area contributed by atoms with Gasteiger partial charge in [0.25, 0.3) is 5.91 Å². The van der Waals surface area contributed by atoms with Gasteiger partial charge in [0.05, 0.1) is 22.3 Å². The average Bonchev–Trinajstić information content (AvgIpc) is 3.08. The summed E-state index contributed by atoms with van der Waals surface area (Å²) in [5.74, 6) is -0.232. The number of pyridine rings is 1. The number of carbonyl (C=O) groups excluding carboxylic acids is 1. The van der Waals surface area contributed by atoms with Crippen molar-refractivity contribution in [2.45, 2.75) is 34.1 Å². The number of thiophene rings is 1. The van der Waals surface area contributed by atoms with Crippen LogP contribution in [0.2, 0.25) is 0 Å². The second kappa shape index (κ2) is 8.33. The molecule has 5 heteroatoms. The predicted octanol–water partition coefficient (Wildman–Crippen LogP) is 6.57. The number of hydrogen-bond donors (Lipinski definition) is 1. The molecule has 0 atom stereocenters. The highest BCUT2D eigenvalue weighted by molar-refractivity contribution is 7.16. The predicted molar refractivity (Wildman–Crippen MR) is 128 cm³/mol. The second-order valence-corrected chi connectivity index (χ2v) is 8.86. The van der Waals surface area contributed by atoms with Crippen LogP contribution in [0.15, 0.2) is 48.5 Å². The molecule has 0 spiro atoms. The number of rotatable bonds is 4. The summed E-state index contributed by atoms with van der Waals surface area (Å²) in [7, 11) is 0. The van der Waals surface area contributed by atoms with Gasteiger partial charge in [0, 0.05) is 15.8 Å². The van der Waals surface area contributed by atoms with Crippen LogP contribution in [0.1, 0.15) is 44.4 Å². The first-order valence-corrected chi connectivity index (χ1v) is 11.1. The van der Waals surface area contributed by atoms with Gasteiger partial charge in [-0.15, -0.1) is 11.3 Å². The third-order valence-corrected chi connectivity index (χ3v) is 6.73. The summed E-state index contributed by atoms with van der Waals surface area (Å²) in [6.45, 7) is 8.15. The number of aryl methyl sites for hydroxylation is 3. The molecular formula is C26H23N3OS. The lowest BCUT2D eigenvalue weighted by molar-refractivity contribution is 0.102. The summed E-state index contributed by atoms with van der Waals surface area (Å²) in [6, 6.07) is 18.0. The number of anilines is 1. The number of hydrogen-bond acceptors (Lipinski definition) is 4. The summed E-state index contributed by atoms with van der Waals surface area (Å²) >= 11 is 1.45. The van der Waals surface area contributed by atoms with Crippen molar-refractivity contribution in [2.75, 3.05) is 5.32 Å². The van der Waals surface area contributed by atoms with Crippen LogP contribution in [0.3, 0.4) is 0 Å². The largest absolute Gasteiger partial charge is 0.312 e. The van der Waals surface area contributed by atoms with E-state index in [1.807, 2.05) is 50.2 Å². The molecule has 0 aliphatic carbocycles. The average molecular weight is 426 g/mol. The molecule has 31 heavy (non-hydrogen) atoms. The Morgan fingerprint density at radius 3 is 2.58 bits per heavy atom. The van der Waals surface area contributed by atoms with Crippen LogP contribution < -0.4 is 5.32 Å². The Labute approximate surface area is 186 Å². The maximum Gasteiger partial charge on any atom is 0.257 e. The number of amides is 1. The highest BCUT2D eigenvalue weighted by Crippen LogP contribution is 2.34. The molecule has 0 bridgehead atoms. The van der Waals surface area contributed by atoms with E-state index in [2.05, 4.69) is 37.4 Å². The topological polar surface area (TPSA) is 65.8 Å². The van der Waals surface area contributed by atoms with E-state index in [9.17, 15) is 10.1 Å². The molecule has 0 fully saturated rings. The molecule has 4 nitrogen and oxygen atoms in total. The van der Waals surface area contributed by atoms with Gasteiger partial charge >= 0.3 is 0 Å². The number of nitrogens with zero attached hydrogens (tertiary/aromatic N) is 2. The Balaban J connectivity index is 1.82. The summed E-state index contributed by atoms with van der Waals surface area (Å²) in [6.07, 6.45) is 0.760. The van der Waals surface area contributed by atoms with Gasteiger partial charge < -0.3 is 5.32 Å². The van der Waals surface area contributed by atoms with Crippen LogP contribution in [-0.2, 0) is 6.42 Å². The quantitative estimate of drug-likeness (QED) is 0.402. The van der Waals surface area contributed by atoms with Crippen LogP contribution in [0, 0.1) is 32.1 Å². The molecule has 0 radical (unpaired) electrons. The summed E-state index contributed by atoms with van der Waals surface area (Å²) < 4.78 is 0. The minimum Gasteiger partial charge on any atom is -0.312 e. The van der Waals surface area contributed by atoms with E-state index in [1.54, 1.807) is 0 Å². The van der Waals surface area contributed by atoms with Crippen LogP contribution in [0.4, 0.5) is 5.00 Å². The number of benzene rings is 2. The van der Waals surface area contributed by atoms with Gasteiger partial charge in [0.1, 0.15) is 11.1 Å². The molecular weight excluding hydrogens is 402 g/mol. The lowest BCUT2D eigenvalue weighted by Crippen LogP contribution is -2.13. The highest BCUT2D eigenvalue weighted by Gasteiger charge is 2.19. The maximum atomic E-state index is 13.4. The van der Waals surface area contributed by atoms with Crippen molar-refractivity contribution in [1.82, 2.24) is 4.98 Å². The van der Waals surface area contributed by atoms with Crippen molar-refractivity contribution in [3.05, 3.63) is 81.2 Å². The second-order valence-electron chi connectivity index (χ2n) is 7.63. The van der Waals surface area contributed by atoms with Gasteiger partial charge in [0.2, 0.25) is 0 Å². The van der Waals surface area contributed by atoms with Crippen molar-refractivity contribution in [3.8, 4) is 17.3 Å². The SMILES string of the molecule is CCc1c(C)sc(NC(=O)c2cc(-c3ccc(C)c(C)c3)nc3ccccc23)c1C#N. The normalized spacial score (nSPS) is 10.8. The van der Waals surface area contributed by atoms with E-state index in [0.717, 1.165) is 39.0 Å². The van der Waals surface area contributed by atoms with E-state index in [1.165, 1.54) is 22.5 Å². The number of nitriles is 1. The first-order valence-electron chi connectivity index (χ1n) is 10.2. The number of fused-ring (bicyclic) bond motifs is 1. The van der Waals surface area contributed by atoms with Crippen LogP contribution >= 0.6 is 11.3 Å². The molecule has 2 aromatic carbocycles. The highest BCUT2D eigenvalue weighted by atomic mass is 32.1. The maximum absolute atomic E-state index is 13.4. The van der Waals surface area contributed by atoms with Gasteiger partial charge in [-0.3, -0.25) is 4.79 Å². The number of nitrogens with one attached hydrogen (secondary N) is 1. The van der Waals surface area contributed by atoms with E-state index in [0.29, 0.717) is 16.1 Å². The molecule has 1 amide bonds. The minimum atomic E-state index is -0.232. The lowest BCUT2D eigenvalue weighted by atomic mass is 10.0. The van der Waals surface area contributed by atoms with E-state index in [-0.39, 0.29) is 5.91 Å². The number of para-hydroxylation sites is 1. The molecule has 0 aliphatic rings. The summed E-state index contributed by atoms with van der Waals surface area (Å²) in [4.78, 5) is 19.2. The summed E-state index contributed by atoms with van der Waals surface area (Å²) in [5.41, 5.74) is 6.99. The minimum absolute atomic E-state index is 0.232. The first-order chi connectivity index (χ1) is 14.9. The first kappa shape index (κ1) is 20.8. The molecule has 0 aliphatic heterocycles. The van der Waals surface area contributed by atoms with Crippen LogP contribution in [0.5, 0.6) is 0 Å². The Morgan fingerprint density at radius 2 is 1.87 bits per heavy atom. The Morgan fingerprint density at radius 1 is 1.10 bits per heavy atom. The third-order valence-electron chi connectivity index (χ3n) is 5.66. The van der Waals surface area contributed by atoms with Gasteiger partial charge in [-0.2, -0.15) is 5.26 Å². The van der Waals surface area contributed by atoms with Gasteiger partial charge in [-0.25, -0.2) is 4.98 Å². The molecule has 154 valence electrons. The molecule has 2 aromatic heterocycles. The molecule has 4 aromatic rings. The molecule has 0 unspecified atom stereocenters. The van der Waals surface area contributed by atoms with Crippen molar-refractivity contribution >= 4 is 33.1 Å². The smallest absolute Gasteiger partial charge is 0.257 e. The summed E-state index contributed by atoms with van der Waals surface area (Å²) in [5, 5.41) is 14.0. The Kier molecular flexibility index (Phi) is 5.58. The van der Waals surface area contributed by atoms with Crippen molar-refractivity contribution in [2.24, 2.45) is 0 Å². The van der Waals surface area contributed by atoms with Crippen LogP contribution in [0.25, 0.3) is 22.2 Å². The molecule has 0 saturated heterocycles. The zero-order chi connectivity index (χ0) is 22.1. The fourth-order valence-electron chi connectivity index (χ4n) is 3.79. The molecule has 2 heterocycles. The third kappa shape index (κ3) is 3.83. The van der Waals surface area contributed by atoms with Gasteiger partial charge in [-0.1, -0.05) is 37.3 Å². The lowest BCUT2D eigenvalue weighted by Gasteiger charge is -2.11. The van der Waals surface area contributed by atoms with Crippen LogP contribution in [-0.4, -0.2) is 10.9 Å². The van der Waals surface area contributed by atoms with E-state index < -0.39 is 0 Å².